The van der Waals surface area contributed by atoms with E-state index in [2.05, 4.69) is 0 Å². The van der Waals surface area contributed by atoms with Gasteiger partial charge in [-0.1, -0.05) is 5.92 Å². The maximum absolute atomic E-state index is 9.00. The first kappa shape index (κ1) is 19.9. The molecule has 0 unspecified atom stereocenters. The van der Waals surface area contributed by atoms with Crippen LogP contribution in [0.3, 0.4) is 0 Å². The van der Waals surface area contributed by atoms with E-state index < -0.39 is 30.8 Å². The van der Waals surface area contributed by atoms with Gasteiger partial charge in [-0.15, -0.1) is 6.42 Å². The largest absolute Gasteiger partial charge is 0.481 e. The monoisotopic (exact) mass is 236 g/mol. The van der Waals surface area contributed by atoms with E-state index in [0.29, 0.717) is 0 Å². The highest BCUT2D eigenvalue weighted by atomic mass is 16.4. The minimum atomic E-state index is -1.74. The zero-order valence-electron chi connectivity index (χ0n) is 9.04. The summed E-state index contributed by atoms with van der Waals surface area (Å²) in [6.07, 6.45) is 4.71. The Hall–Kier alpha value is -1.62. The summed E-state index contributed by atoms with van der Waals surface area (Å²) in [5.41, 5.74) is -1.74. The molecule has 0 fully saturated rings. The SMILES string of the molecule is C#CC(O)(CO)CO.CC(=O)O.CC(=O)O. The molecule has 0 aliphatic heterocycles. The first-order valence-electron chi connectivity index (χ1n) is 3.96. The molecule has 0 amide bonds. The van der Waals surface area contributed by atoms with Crippen molar-refractivity contribution in [2.24, 2.45) is 0 Å². The highest BCUT2D eigenvalue weighted by Gasteiger charge is 2.20. The summed E-state index contributed by atoms with van der Waals surface area (Å²) in [5.74, 6) is 0.167. The first-order chi connectivity index (χ1) is 7.15. The number of aliphatic hydroxyl groups is 3. The van der Waals surface area contributed by atoms with E-state index in [9.17, 15) is 0 Å². The Morgan fingerprint density at radius 1 is 1.12 bits per heavy atom. The quantitative estimate of drug-likeness (QED) is 0.369. The van der Waals surface area contributed by atoms with Crippen molar-refractivity contribution >= 4 is 11.9 Å². The number of carboxylic acids is 2. The van der Waals surface area contributed by atoms with Crippen LogP contribution in [0.2, 0.25) is 0 Å². The molecule has 5 N–H and O–H groups in total. The zero-order chi connectivity index (χ0) is 13.8. The Balaban J connectivity index is -0.000000179. The highest BCUT2D eigenvalue weighted by molar-refractivity contribution is 5.63. The lowest BCUT2D eigenvalue weighted by Gasteiger charge is -2.13. The summed E-state index contributed by atoms with van der Waals surface area (Å²) in [7, 11) is 0. The van der Waals surface area contributed by atoms with Gasteiger partial charge in [0.2, 0.25) is 0 Å². The van der Waals surface area contributed by atoms with Gasteiger partial charge in [0.25, 0.3) is 11.9 Å². The van der Waals surface area contributed by atoms with Gasteiger partial charge in [-0.05, 0) is 0 Å². The van der Waals surface area contributed by atoms with Gasteiger partial charge in [-0.2, -0.15) is 0 Å². The van der Waals surface area contributed by atoms with E-state index in [1.807, 2.05) is 5.92 Å². The third-order valence-electron chi connectivity index (χ3n) is 0.792. The van der Waals surface area contributed by atoms with E-state index >= 15 is 0 Å². The van der Waals surface area contributed by atoms with Gasteiger partial charge < -0.3 is 25.5 Å². The Labute approximate surface area is 93.0 Å². The van der Waals surface area contributed by atoms with E-state index in [4.69, 9.17) is 41.5 Å². The third-order valence-corrected chi connectivity index (χ3v) is 0.792. The van der Waals surface area contributed by atoms with Crippen LogP contribution in [-0.4, -0.2) is 56.3 Å². The number of hydrogen-bond acceptors (Lipinski definition) is 5. The van der Waals surface area contributed by atoms with Crippen LogP contribution >= 0.6 is 0 Å². The van der Waals surface area contributed by atoms with Gasteiger partial charge in [0.15, 0.2) is 5.60 Å². The summed E-state index contributed by atoms with van der Waals surface area (Å²) in [4.78, 5) is 18.0. The van der Waals surface area contributed by atoms with Gasteiger partial charge in [0, 0.05) is 13.8 Å². The normalized spacial score (nSPS) is 8.50. The van der Waals surface area contributed by atoms with E-state index in [-0.39, 0.29) is 0 Å². The molecule has 0 saturated heterocycles. The van der Waals surface area contributed by atoms with Crippen LogP contribution in [0, 0.1) is 12.3 Å². The number of aliphatic carboxylic acids is 2. The molecule has 7 heteroatoms. The highest BCUT2D eigenvalue weighted by Crippen LogP contribution is 1.96. The standard InChI is InChI=1S/C5H8O3.2C2H4O2/c1-2-5(8,3-6)4-7;2*1-2(3)4/h1,6-8H,3-4H2;2*1H3,(H,3,4). The number of carboxylic acid groups (broad SMARTS) is 2. The Kier molecular flexibility index (Phi) is 14.2. The van der Waals surface area contributed by atoms with Gasteiger partial charge in [-0.3, -0.25) is 9.59 Å². The van der Waals surface area contributed by atoms with Crippen molar-refractivity contribution in [3.63, 3.8) is 0 Å². The topological polar surface area (TPSA) is 135 Å². The fraction of sp³-hybridized carbons (Fsp3) is 0.556. The average Bonchev–Trinajstić information content (AvgIpc) is 2.15. The van der Waals surface area contributed by atoms with Crippen LogP contribution in [0.5, 0.6) is 0 Å². The fourth-order valence-electron chi connectivity index (χ4n) is 0.141. The second-order valence-corrected chi connectivity index (χ2v) is 2.53. The molecule has 0 spiro atoms. The number of hydrogen-bond donors (Lipinski definition) is 5. The molecule has 0 aromatic heterocycles. The second kappa shape index (κ2) is 11.5. The molecule has 0 radical (unpaired) electrons. The van der Waals surface area contributed by atoms with Crippen LogP contribution in [0.1, 0.15) is 13.8 Å². The molecule has 16 heavy (non-hydrogen) atoms. The summed E-state index contributed by atoms with van der Waals surface area (Å²) in [6, 6.07) is 0. The summed E-state index contributed by atoms with van der Waals surface area (Å²) >= 11 is 0. The zero-order valence-corrected chi connectivity index (χ0v) is 9.04. The molecule has 0 aliphatic rings. The minimum Gasteiger partial charge on any atom is -0.481 e. The van der Waals surface area contributed by atoms with Crippen molar-refractivity contribution in [3.05, 3.63) is 0 Å². The number of rotatable bonds is 2. The lowest BCUT2D eigenvalue weighted by Crippen LogP contribution is -2.35. The molecule has 0 rings (SSSR count). The maximum atomic E-state index is 9.00. The molecule has 94 valence electrons. The van der Waals surface area contributed by atoms with Crippen molar-refractivity contribution in [3.8, 4) is 12.3 Å². The van der Waals surface area contributed by atoms with Crippen LogP contribution in [0.25, 0.3) is 0 Å². The average molecular weight is 236 g/mol. The van der Waals surface area contributed by atoms with Crippen LogP contribution in [-0.2, 0) is 9.59 Å². The molecular formula is C9H16O7. The number of carbonyl (C=O) groups is 2. The van der Waals surface area contributed by atoms with E-state index in [1.54, 1.807) is 0 Å². The third kappa shape index (κ3) is 29.4. The van der Waals surface area contributed by atoms with Crippen molar-refractivity contribution in [1.82, 2.24) is 0 Å². The van der Waals surface area contributed by atoms with Gasteiger partial charge >= 0.3 is 0 Å². The molecule has 7 nitrogen and oxygen atoms in total. The second-order valence-electron chi connectivity index (χ2n) is 2.53. The molecule has 0 aliphatic carbocycles. The number of terminal acetylenes is 1. The fourth-order valence-corrected chi connectivity index (χ4v) is 0.141. The summed E-state index contributed by atoms with van der Waals surface area (Å²) in [6.45, 7) is 0.944. The molecule has 0 bridgehead atoms. The molecule has 0 saturated carbocycles. The predicted molar refractivity (Wildman–Crippen MR) is 54.6 cm³/mol. The minimum absolute atomic E-state index is 0.611. The van der Waals surface area contributed by atoms with Crippen molar-refractivity contribution in [1.29, 1.82) is 0 Å². The van der Waals surface area contributed by atoms with Crippen molar-refractivity contribution in [2.45, 2.75) is 19.4 Å². The smallest absolute Gasteiger partial charge is 0.300 e. The van der Waals surface area contributed by atoms with E-state index in [0.717, 1.165) is 13.8 Å². The summed E-state index contributed by atoms with van der Waals surface area (Å²) < 4.78 is 0. The van der Waals surface area contributed by atoms with Gasteiger partial charge in [0.1, 0.15) is 0 Å². The predicted octanol–water partition coefficient (Wildman–Crippen LogP) is -1.48. The van der Waals surface area contributed by atoms with Crippen molar-refractivity contribution < 1.29 is 35.1 Å². The number of aliphatic hydroxyl groups excluding tert-OH is 2. The molecule has 0 heterocycles. The maximum Gasteiger partial charge on any atom is 0.300 e. The van der Waals surface area contributed by atoms with Crippen LogP contribution in [0.15, 0.2) is 0 Å². The van der Waals surface area contributed by atoms with E-state index in [1.165, 1.54) is 0 Å². The molecular weight excluding hydrogens is 220 g/mol. The Bertz CT molecular complexity index is 217. The lowest BCUT2D eigenvalue weighted by atomic mass is 10.1. The van der Waals surface area contributed by atoms with Gasteiger partial charge in [-0.25, -0.2) is 0 Å². The first-order valence-corrected chi connectivity index (χ1v) is 3.96. The summed E-state index contributed by atoms with van der Waals surface area (Å²) in [5, 5.41) is 40.0. The van der Waals surface area contributed by atoms with Crippen LogP contribution < -0.4 is 0 Å². The molecule has 0 aromatic carbocycles. The lowest BCUT2D eigenvalue weighted by molar-refractivity contribution is -0.135. The Morgan fingerprint density at radius 2 is 1.31 bits per heavy atom. The Morgan fingerprint density at radius 3 is 1.31 bits per heavy atom. The van der Waals surface area contributed by atoms with Crippen LogP contribution in [0.4, 0.5) is 0 Å². The molecule has 0 aromatic rings. The van der Waals surface area contributed by atoms with Crippen molar-refractivity contribution in [2.75, 3.05) is 13.2 Å². The van der Waals surface area contributed by atoms with Gasteiger partial charge in [0.05, 0.1) is 13.2 Å². The molecule has 0 atom stereocenters.